The Hall–Kier alpha value is -5.66. The molecule has 0 unspecified atom stereocenters. The van der Waals surface area contributed by atoms with Crippen LogP contribution in [0.15, 0.2) is 103 Å². The molecule has 0 aliphatic carbocycles. The Bertz CT molecular complexity index is 2910. The SMILES string of the molecule is Cc1cc2cc(n1)c1ccc3c4ccc(C(C)(C)C)cc4n(c3c1)c1cc(C#N)cc(-n3c4ccccc4c4ccc(C(C)(C)C)cc43)c21. The normalized spacial score (nSPS) is 12.8. The zero-order chi connectivity index (χ0) is 34.0. The van der Waals surface area contributed by atoms with E-state index in [-0.39, 0.29) is 10.8 Å². The third-order valence-corrected chi connectivity index (χ3v) is 10.4. The monoisotopic (exact) mass is 634 g/mol. The average Bonchev–Trinajstić information content (AvgIpc) is 3.58. The number of hydrogen-bond donors (Lipinski definition) is 0. The second-order valence-electron chi connectivity index (χ2n) is 15.8. The smallest absolute Gasteiger partial charge is 0.0993 e. The molecule has 0 spiro atoms. The molecule has 0 aliphatic rings. The number of benzene rings is 5. The third-order valence-electron chi connectivity index (χ3n) is 10.4. The van der Waals surface area contributed by atoms with E-state index in [2.05, 4.69) is 167 Å². The van der Waals surface area contributed by atoms with Gasteiger partial charge in [0.2, 0.25) is 0 Å². The molecule has 0 saturated carbocycles. The Kier molecular flexibility index (Phi) is 5.98. The zero-order valence-electron chi connectivity index (χ0n) is 29.1. The van der Waals surface area contributed by atoms with Gasteiger partial charge in [-0.05, 0) is 82.8 Å². The van der Waals surface area contributed by atoms with Crippen LogP contribution in [0.5, 0.6) is 0 Å². The molecule has 0 N–H and O–H groups in total. The topological polar surface area (TPSA) is 46.0 Å². The van der Waals surface area contributed by atoms with E-state index in [0.29, 0.717) is 5.56 Å². The summed E-state index contributed by atoms with van der Waals surface area (Å²) in [6, 6.07) is 40.3. The molecule has 4 heteroatoms. The minimum absolute atomic E-state index is 0.0293. The summed E-state index contributed by atoms with van der Waals surface area (Å²) < 4.78 is 4.80. The van der Waals surface area contributed by atoms with Gasteiger partial charge in [0.25, 0.3) is 0 Å². The van der Waals surface area contributed by atoms with E-state index in [0.717, 1.165) is 60.6 Å². The van der Waals surface area contributed by atoms with E-state index in [9.17, 15) is 5.26 Å². The first kappa shape index (κ1) is 29.5. The second-order valence-corrected chi connectivity index (χ2v) is 15.8. The molecule has 4 nitrogen and oxygen atoms in total. The lowest BCUT2D eigenvalue weighted by Gasteiger charge is -2.20. The van der Waals surface area contributed by atoms with Crippen LogP contribution >= 0.6 is 0 Å². The van der Waals surface area contributed by atoms with Crippen LogP contribution in [0.2, 0.25) is 0 Å². The molecule has 5 aromatic carbocycles. The largest absolute Gasteiger partial charge is 0.308 e. The van der Waals surface area contributed by atoms with Crippen molar-refractivity contribution in [3.63, 3.8) is 0 Å². The minimum atomic E-state index is -0.0295. The molecule has 4 heterocycles. The van der Waals surface area contributed by atoms with Crippen LogP contribution in [0.1, 0.15) is 63.9 Å². The standard InChI is InChI=1S/C45H38N4/c1-26-18-29-21-36(47-26)28-12-15-33-35-17-14-31(45(5,6)7)24-40(35)49(38(33)22-28)42-20-27(25-46)19-41(43(29)42)48-37-11-9-8-10-32(37)34-16-13-30(23-39(34)48)44(2,3)4/h8-24H,1-7H3. The molecular formula is C45H38N4. The lowest BCUT2D eigenvalue weighted by molar-refractivity contribution is 0.590. The summed E-state index contributed by atoms with van der Waals surface area (Å²) >= 11 is 0. The predicted octanol–water partition coefficient (Wildman–Crippen LogP) is 11.8. The van der Waals surface area contributed by atoms with Gasteiger partial charge in [-0.25, -0.2) is 0 Å². The molecule has 9 rings (SSSR count). The van der Waals surface area contributed by atoms with Gasteiger partial charge in [-0.2, -0.15) is 5.26 Å². The number of fused-ring (bicyclic) bond motifs is 13. The Morgan fingerprint density at radius 2 is 1.18 bits per heavy atom. The highest BCUT2D eigenvalue weighted by Gasteiger charge is 2.22. The van der Waals surface area contributed by atoms with Gasteiger partial charge in [0, 0.05) is 38.0 Å². The van der Waals surface area contributed by atoms with Crippen molar-refractivity contribution < 1.29 is 0 Å². The number of para-hydroxylation sites is 1. The van der Waals surface area contributed by atoms with Crippen LogP contribution in [0.3, 0.4) is 0 Å². The molecular weight excluding hydrogens is 597 g/mol. The molecule has 4 aromatic heterocycles. The lowest BCUT2D eigenvalue weighted by Crippen LogP contribution is -2.11. The highest BCUT2D eigenvalue weighted by atomic mass is 15.0. The fourth-order valence-corrected chi connectivity index (χ4v) is 7.89. The predicted molar refractivity (Wildman–Crippen MR) is 206 cm³/mol. The number of aryl methyl sites for hydroxylation is 1. The Morgan fingerprint density at radius 3 is 1.88 bits per heavy atom. The van der Waals surface area contributed by atoms with Crippen LogP contribution in [-0.4, -0.2) is 14.0 Å². The highest BCUT2D eigenvalue weighted by molar-refractivity contribution is 6.16. The van der Waals surface area contributed by atoms with Crippen molar-refractivity contribution in [1.82, 2.24) is 14.0 Å². The fraction of sp³-hybridized carbons (Fsp3) is 0.200. The molecule has 0 amide bonds. The Balaban J connectivity index is 1.61. The van der Waals surface area contributed by atoms with Gasteiger partial charge in [-0.3, -0.25) is 4.98 Å². The summed E-state index contributed by atoms with van der Waals surface area (Å²) in [5.41, 5.74) is 11.5. The van der Waals surface area contributed by atoms with Crippen LogP contribution in [-0.2, 0) is 10.8 Å². The molecule has 0 aliphatic heterocycles. The van der Waals surface area contributed by atoms with E-state index >= 15 is 0 Å². The van der Waals surface area contributed by atoms with Crippen molar-refractivity contribution in [2.75, 3.05) is 0 Å². The van der Waals surface area contributed by atoms with Gasteiger partial charge in [0.15, 0.2) is 0 Å². The van der Waals surface area contributed by atoms with E-state index in [1.54, 1.807) is 0 Å². The summed E-state index contributed by atoms with van der Waals surface area (Å²) in [6.45, 7) is 15.7. The second kappa shape index (κ2) is 9.94. The molecule has 9 aromatic rings. The number of pyridine rings is 1. The third kappa shape index (κ3) is 4.32. The summed E-state index contributed by atoms with van der Waals surface area (Å²) in [5.74, 6) is 0. The molecule has 4 bridgehead atoms. The summed E-state index contributed by atoms with van der Waals surface area (Å²) in [6.07, 6.45) is 0. The van der Waals surface area contributed by atoms with Gasteiger partial charge >= 0.3 is 0 Å². The van der Waals surface area contributed by atoms with Crippen molar-refractivity contribution in [2.45, 2.75) is 59.3 Å². The first-order chi connectivity index (χ1) is 23.4. The van der Waals surface area contributed by atoms with Crippen LogP contribution in [0, 0.1) is 18.3 Å². The van der Waals surface area contributed by atoms with Crippen molar-refractivity contribution >= 4 is 70.8 Å². The number of nitrogens with zero attached hydrogens (tertiary/aromatic N) is 4. The number of nitriles is 1. The highest BCUT2D eigenvalue weighted by Crippen LogP contribution is 2.41. The minimum Gasteiger partial charge on any atom is -0.308 e. The molecule has 238 valence electrons. The molecule has 0 saturated heterocycles. The molecule has 0 atom stereocenters. The number of aromatic nitrogens is 3. The van der Waals surface area contributed by atoms with Gasteiger partial charge in [0.05, 0.1) is 50.4 Å². The molecule has 0 radical (unpaired) electrons. The number of rotatable bonds is 1. The first-order valence-electron chi connectivity index (χ1n) is 17.1. The zero-order valence-corrected chi connectivity index (χ0v) is 29.1. The average molecular weight is 635 g/mol. The maximum atomic E-state index is 10.7. The summed E-state index contributed by atoms with van der Waals surface area (Å²) in [7, 11) is 0. The van der Waals surface area contributed by atoms with Gasteiger partial charge in [0.1, 0.15) is 0 Å². The maximum absolute atomic E-state index is 10.7. The Labute approximate surface area is 285 Å². The first-order valence-corrected chi connectivity index (χ1v) is 17.1. The summed E-state index contributed by atoms with van der Waals surface area (Å²) in [5, 5.41) is 18.7. The van der Waals surface area contributed by atoms with Gasteiger partial charge in [-0.15, -0.1) is 0 Å². The molecule has 49 heavy (non-hydrogen) atoms. The van der Waals surface area contributed by atoms with E-state index in [1.165, 1.54) is 32.7 Å². The van der Waals surface area contributed by atoms with Crippen molar-refractivity contribution in [3.8, 4) is 11.8 Å². The quantitative estimate of drug-likeness (QED) is 0.180. The summed E-state index contributed by atoms with van der Waals surface area (Å²) in [4.78, 5) is 5.05. The van der Waals surface area contributed by atoms with Gasteiger partial charge < -0.3 is 8.97 Å². The number of hydrogen-bond acceptors (Lipinski definition) is 2. The van der Waals surface area contributed by atoms with Crippen molar-refractivity contribution in [2.24, 2.45) is 0 Å². The van der Waals surface area contributed by atoms with E-state index < -0.39 is 0 Å². The van der Waals surface area contributed by atoms with Crippen LogP contribution < -0.4 is 0 Å². The Morgan fingerprint density at radius 1 is 0.571 bits per heavy atom. The van der Waals surface area contributed by atoms with Crippen molar-refractivity contribution in [1.29, 1.82) is 5.26 Å². The van der Waals surface area contributed by atoms with Crippen LogP contribution in [0.4, 0.5) is 0 Å². The lowest BCUT2D eigenvalue weighted by atomic mass is 9.86. The van der Waals surface area contributed by atoms with Crippen molar-refractivity contribution in [3.05, 3.63) is 126 Å². The maximum Gasteiger partial charge on any atom is 0.0993 e. The fourth-order valence-electron chi connectivity index (χ4n) is 7.89. The molecule has 0 fully saturated rings. The van der Waals surface area contributed by atoms with E-state index in [4.69, 9.17) is 4.98 Å². The van der Waals surface area contributed by atoms with E-state index in [1.807, 2.05) is 0 Å². The van der Waals surface area contributed by atoms with Crippen LogP contribution in [0.25, 0.3) is 76.5 Å². The van der Waals surface area contributed by atoms with Gasteiger partial charge in [-0.1, -0.05) is 96.1 Å².